The van der Waals surface area contributed by atoms with Crippen LogP contribution < -0.4 is 10.2 Å². The van der Waals surface area contributed by atoms with E-state index in [1.165, 1.54) is 12.1 Å². The van der Waals surface area contributed by atoms with Gasteiger partial charge in [0.15, 0.2) is 0 Å². The Labute approximate surface area is 143 Å². The highest BCUT2D eigenvalue weighted by Crippen LogP contribution is 2.19. The topological polar surface area (TPSA) is 78.9 Å². The fourth-order valence-corrected chi connectivity index (χ4v) is 2.59. The monoisotopic (exact) mass is 344 g/mol. The standard InChI is InChI=1S/C18H17FN2O4/c19-15-11-13(18(23)24)3-6-16(15)20-17(22)12-1-4-14(5-2-12)21-7-9-25-10-8-21/h1-6,11H,7-10H2,(H,20,22)(H,23,24). The summed E-state index contributed by atoms with van der Waals surface area (Å²) in [5.41, 5.74) is 1.15. The van der Waals surface area contributed by atoms with E-state index in [2.05, 4.69) is 10.2 Å². The predicted molar refractivity (Wildman–Crippen MR) is 90.8 cm³/mol. The largest absolute Gasteiger partial charge is 0.478 e. The zero-order chi connectivity index (χ0) is 17.8. The maximum Gasteiger partial charge on any atom is 0.335 e. The number of nitrogens with zero attached hydrogens (tertiary/aromatic N) is 1. The normalized spacial score (nSPS) is 14.2. The minimum absolute atomic E-state index is 0.0627. The second-order valence-electron chi connectivity index (χ2n) is 5.60. The second-order valence-corrected chi connectivity index (χ2v) is 5.60. The summed E-state index contributed by atoms with van der Waals surface area (Å²) in [4.78, 5) is 25.2. The molecule has 0 aromatic heterocycles. The van der Waals surface area contributed by atoms with Gasteiger partial charge in [0.1, 0.15) is 5.82 Å². The lowest BCUT2D eigenvalue weighted by Crippen LogP contribution is -2.36. The number of carboxylic acids is 1. The van der Waals surface area contributed by atoms with Crippen molar-refractivity contribution >= 4 is 23.3 Å². The molecule has 6 nitrogen and oxygen atoms in total. The van der Waals surface area contributed by atoms with Gasteiger partial charge in [-0.1, -0.05) is 0 Å². The molecular formula is C18H17FN2O4. The Morgan fingerprint density at radius 1 is 1.04 bits per heavy atom. The van der Waals surface area contributed by atoms with Crippen molar-refractivity contribution < 1.29 is 23.8 Å². The highest BCUT2D eigenvalue weighted by atomic mass is 19.1. The Morgan fingerprint density at radius 3 is 2.28 bits per heavy atom. The molecule has 0 aliphatic carbocycles. The lowest BCUT2D eigenvalue weighted by atomic mass is 10.1. The van der Waals surface area contributed by atoms with Crippen molar-refractivity contribution in [3.8, 4) is 0 Å². The minimum atomic E-state index is -1.23. The Hall–Kier alpha value is -2.93. The van der Waals surface area contributed by atoms with Crippen molar-refractivity contribution in [2.75, 3.05) is 36.5 Å². The molecule has 3 rings (SSSR count). The number of hydrogen-bond acceptors (Lipinski definition) is 4. The van der Waals surface area contributed by atoms with Crippen molar-refractivity contribution in [1.82, 2.24) is 0 Å². The highest BCUT2D eigenvalue weighted by Gasteiger charge is 2.14. The Morgan fingerprint density at radius 2 is 1.68 bits per heavy atom. The summed E-state index contributed by atoms with van der Waals surface area (Å²) in [6.45, 7) is 2.95. The van der Waals surface area contributed by atoms with Crippen LogP contribution in [0.25, 0.3) is 0 Å². The number of carbonyl (C=O) groups is 2. The van der Waals surface area contributed by atoms with E-state index in [0.717, 1.165) is 24.8 Å². The van der Waals surface area contributed by atoms with Gasteiger partial charge in [0.25, 0.3) is 5.91 Å². The zero-order valence-electron chi connectivity index (χ0n) is 13.4. The summed E-state index contributed by atoms with van der Waals surface area (Å²) in [7, 11) is 0. The average molecular weight is 344 g/mol. The number of nitrogens with one attached hydrogen (secondary N) is 1. The lowest BCUT2D eigenvalue weighted by molar-refractivity contribution is 0.0696. The molecule has 0 bridgehead atoms. The van der Waals surface area contributed by atoms with E-state index in [1.54, 1.807) is 12.1 Å². The molecule has 0 saturated carbocycles. The van der Waals surface area contributed by atoms with Crippen LogP contribution in [0.15, 0.2) is 42.5 Å². The van der Waals surface area contributed by atoms with E-state index in [4.69, 9.17) is 9.84 Å². The van der Waals surface area contributed by atoms with Crippen LogP contribution in [0.1, 0.15) is 20.7 Å². The van der Waals surface area contributed by atoms with Gasteiger partial charge in [-0.15, -0.1) is 0 Å². The van der Waals surface area contributed by atoms with Gasteiger partial charge in [0.2, 0.25) is 0 Å². The zero-order valence-corrected chi connectivity index (χ0v) is 13.4. The van der Waals surface area contributed by atoms with Crippen molar-refractivity contribution in [3.05, 3.63) is 59.4 Å². The number of carboxylic acid groups (broad SMARTS) is 1. The van der Waals surface area contributed by atoms with Gasteiger partial charge in [-0.3, -0.25) is 4.79 Å². The molecule has 0 radical (unpaired) electrons. The van der Waals surface area contributed by atoms with Crippen LogP contribution >= 0.6 is 0 Å². The van der Waals surface area contributed by atoms with Crippen molar-refractivity contribution in [2.45, 2.75) is 0 Å². The van der Waals surface area contributed by atoms with E-state index in [1.807, 2.05) is 12.1 Å². The molecule has 1 saturated heterocycles. The molecule has 1 aliphatic rings. The molecule has 25 heavy (non-hydrogen) atoms. The summed E-state index contributed by atoms with van der Waals surface area (Å²) in [6, 6.07) is 10.4. The van der Waals surface area contributed by atoms with E-state index < -0.39 is 17.7 Å². The molecular weight excluding hydrogens is 327 g/mol. The van der Waals surface area contributed by atoms with Gasteiger partial charge in [0.05, 0.1) is 24.5 Å². The fraction of sp³-hybridized carbons (Fsp3) is 0.222. The van der Waals surface area contributed by atoms with Crippen LogP contribution in [0.2, 0.25) is 0 Å². The SMILES string of the molecule is O=C(O)c1ccc(NC(=O)c2ccc(N3CCOCC3)cc2)c(F)c1. The van der Waals surface area contributed by atoms with Crippen LogP contribution in [0.5, 0.6) is 0 Å². The first-order chi connectivity index (χ1) is 12.0. The third kappa shape index (κ3) is 3.95. The number of halogens is 1. The van der Waals surface area contributed by atoms with Crippen LogP contribution in [-0.4, -0.2) is 43.3 Å². The maximum absolute atomic E-state index is 13.9. The van der Waals surface area contributed by atoms with Gasteiger partial charge in [-0.2, -0.15) is 0 Å². The molecule has 0 unspecified atom stereocenters. The van der Waals surface area contributed by atoms with Crippen molar-refractivity contribution in [2.24, 2.45) is 0 Å². The number of carbonyl (C=O) groups excluding carboxylic acids is 1. The summed E-state index contributed by atoms with van der Waals surface area (Å²) >= 11 is 0. The van der Waals surface area contributed by atoms with E-state index in [9.17, 15) is 14.0 Å². The van der Waals surface area contributed by atoms with E-state index in [-0.39, 0.29) is 11.3 Å². The van der Waals surface area contributed by atoms with E-state index >= 15 is 0 Å². The first-order valence-electron chi connectivity index (χ1n) is 7.81. The molecule has 7 heteroatoms. The Balaban J connectivity index is 1.70. The Kier molecular flexibility index (Phi) is 4.95. The molecule has 130 valence electrons. The van der Waals surface area contributed by atoms with Crippen molar-refractivity contribution in [1.29, 1.82) is 0 Å². The van der Waals surface area contributed by atoms with Gasteiger partial charge >= 0.3 is 5.97 Å². The van der Waals surface area contributed by atoms with Crippen LogP contribution in [0.4, 0.5) is 15.8 Å². The first-order valence-corrected chi connectivity index (χ1v) is 7.81. The lowest BCUT2D eigenvalue weighted by Gasteiger charge is -2.28. The van der Waals surface area contributed by atoms with Gasteiger partial charge in [-0.25, -0.2) is 9.18 Å². The fourth-order valence-electron chi connectivity index (χ4n) is 2.59. The molecule has 1 heterocycles. The summed E-state index contributed by atoms with van der Waals surface area (Å²) in [5, 5.41) is 11.3. The number of amides is 1. The third-order valence-electron chi connectivity index (χ3n) is 3.97. The summed E-state index contributed by atoms with van der Waals surface area (Å²) in [6.07, 6.45) is 0. The maximum atomic E-state index is 13.9. The third-order valence-corrected chi connectivity index (χ3v) is 3.97. The number of benzene rings is 2. The van der Waals surface area contributed by atoms with Gasteiger partial charge < -0.3 is 20.1 Å². The summed E-state index contributed by atoms with van der Waals surface area (Å²) < 4.78 is 19.2. The van der Waals surface area contributed by atoms with Crippen LogP contribution in [0, 0.1) is 5.82 Å². The van der Waals surface area contributed by atoms with Crippen LogP contribution in [-0.2, 0) is 4.74 Å². The number of morpholine rings is 1. The number of aromatic carboxylic acids is 1. The molecule has 1 amide bonds. The van der Waals surface area contributed by atoms with Crippen molar-refractivity contribution in [3.63, 3.8) is 0 Å². The minimum Gasteiger partial charge on any atom is -0.478 e. The average Bonchev–Trinajstić information content (AvgIpc) is 2.64. The highest BCUT2D eigenvalue weighted by molar-refractivity contribution is 6.04. The van der Waals surface area contributed by atoms with E-state index in [0.29, 0.717) is 18.8 Å². The predicted octanol–water partition coefficient (Wildman–Crippen LogP) is 2.61. The number of ether oxygens (including phenoxy) is 1. The smallest absolute Gasteiger partial charge is 0.335 e. The first kappa shape index (κ1) is 16.9. The van der Waals surface area contributed by atoms with Crippen LogP contribution in [0.3, 0.4) is 0 Å². The number of anilines is 2. The molecule has 2 aromatic rings. The molecule has 0 spiro atoms. The molecule has 1 aliphatic heterocycles. The molecule has 1 fully saturated rings. The second kappa shape index (κ2) is 7.31. The summed E-state index contributed by atoms with van der Waals surface area (Å²) in [5.74, 6) is -2.48. The molecule has 0 atom stereocenters. The van der Waals surface area contributed by atoms with Gasteiger partial charge in [0, 0.05) is 24.3 Å². The number of hydrogen-bond donors (Lipinski definition) is 2. The van der Waals surface area contributed by atoms with Gasteiger partial charge in [-0.05, 0) is 42.5 Å². The number of rotatable bonds is 4. The molecule has 2 aromatic carbocycles. The quantitative estimate of drug-likeness (QED) is 0.891. The Bertz CT molecular complexity index is 786. The molecule has 2 N–H and O–H groups in total.